The molecular weight excluding hydrogens is 313 g/mol. The Balaban J connectivity index is 1.95. The van der Waals surface area contributed by atoms with Crippen molar-refractivity contribution in [3.63, 3.8) is 0 Å². The van der Waals surface area contributed by atoms with Gasteiger partial charge in [-0.1, -0.05) is 0 Å². The Bertz CT molecular complexity index is 597. The Morgan fingerprint density at radius 2 is 2.16 bits per heavy atom. The fraction of sp³-hybridized carbons (Fsp3) is 0.333. The van der Waals surface area contributed by atoms with Crippen LogP contribution in [0.25, 0.3) is 11.0 Å². The van der Waals surface area contributed by atoms with Crippen LogP contribution >= 0.6 is 0 Å². The number of carbonyl (C=O) groups excluding carboxylic acids is 2. The van der Waals surface area contributed by atoms with E-state index >= 15 is 0 Å². The summed E-state index contributed by atoms with van der Waals surface area (Å²) in [6.45, 7) is 2.06. The van der Waals surface area contributed by atoms with Gasteiger partial charge in [0.2, 0.25) is 0 Å². The fourth-order valence-electron chi connectivity index (χ4n) is 1.57. The van der Waals surface area contributed by atoms with E-state index in [-0.39, 0.29) is 39.7 Å². The Labute approximate surface area is 116 Å². The van der Waals surface area contributed by atoms with Gasteiger partial charge in [-0.15, -0.1) is 0 Å². The quantitative estimate of drug-likeness (QED) is 0.654. The zero-order chi connectivity index (χ0) is 13.7. The van der Waals surface area contributed by atoms with Gasteiger partial charge in [-0.25, -0.2) is 0 Å². The van der Waals surface area contributed by atoms with Gasteiger partial charge < -0.3 is 0 Å². The molecule has 0 fully saturated rings. The molecule has 2 aromatic rings. The van der Waals surface area contributed by atoms with Crippen molar-refractivity contribution in [3.05, 3.63) is 18.2 Å². The Morgan fingerprint density at radius 1 is 1.32 bits per heavy atom. The minimum absolute atomic E-state index is 0.0835. The van der Waals surface area contributed by atoms with Crippen LogP contribution in [0.1, 0.15) is 19.8 Å². The third-order valence-electron chi connectivity index (χ3n) is 2.42. The molecule has 1 aromatic heterocycles. The molecule has 2 rings (SSSR count). The zero-order valence-electron chi connectivity index (χ0n) is 10.4. The molecule has 0 aliphatic carbocycles. The molecule has 1 amide bonds. The van der Waals surface area contributed by atoms with Crippen molar-refractivity contribution in [1.82, 2.24) is 7.96 Å². The first-order valence-corrected chi connectivity index (χ1v) is 7.40. The first-order valence-electron chi connectivity index (χ1n) is 5.87. The van der Waals surface area contributed by atoms with Gasteiger partial charge in [0, 0.05) is 0 Å². The van der Waals surface area contributed by atoms with E-state index in [1.807, 2.05) is 12.1 Å². The average molecular weight is 326 g/mol. The number of amides is 1. The van der Waals surface area contributed by atoms with E-state index in [1.165, 1.54) is 0 Å². The second-order valence-electron chi connectivity index (χ2n) is 3.79. The molecule has 1 heterocycles. The van der Waals surface area contributed by atoms with Crippen LogP contribution in [0.15, 0.2) is 18.2 Å². The zero-order valence-corrected chi connectivity index (χ0v) is 12.1. The van der Waals surface area contributed by atoms with E-state index in [4.69, 9.17) is 4.74 Å². The number of hydrogen-bond acceptors (Lipinski definition) is 5. The van der Waals surface area contributed by atoms with E-state index in [1.54, 1.807) is 13.0 Å². The second kappa shape index (κ2) is 6.45. The predicted octanol–water partition coefficient (Wildman–Crippen LogP) is 0.969. The molecule has 0 unspecified atom stereocenters. The molecule has 0 bridgehead atoms. The second-order valence-corrected chi connectivity index (χ2v) is 4.90. The van der Waals surface area contributed by atoms with Crippen molar-refractivity contribution < 1.29 is 14.3 Å². The number of benzene rings is 1. The molecule has 0 atom stereocenters. The third kappa shape index (κ3) is 3.62. The summed E-state index contributed by atoms with van der Waals surface area (Å²) < 4.78 is 13.3. The van der Waals surface area contributed by atoms with E-state index in [0.29, 0.717) is 12.3 Å². The number of nitrogens with one attached hydrogen (secondary N) is 1. The van der Waals surface area contributed by atoms with Crippen molar-refractivity contribution in [3.8, 4) is 0 Å². The van der Waals surface area contributed by atoms with Crippen LogP contribution in [0.3, 0.4) is 0 Å². The summed E-state index contributed by atoms with van der Waals surface area (Å²) in [4.78, 5) is 22.9. The molecule has 0 saturated heterocycles. The molecule has 0 aliphatic rings. The van der Waals surface area contributed by atoms with E-state index < -0.39 is 0 Å². The van der Waals surface area contributed by atoms with Crippen molar-refractivity contribution in [2.45, 2.75) is 19.8 Å². The molecule has 0 saturated carbocycles. The summed E-state index contributed by atoms with van der Waals surface area (Å²) in [7, 11) is 0. The Hall–Kier alpha value is -1.72. The van der Waals surface area contributed by atoms with Crippen LogP contribution in [0, 0.1) is 0 Å². The molecule has 6 nitrogen and oxygen atoms in total. The number of carbonyl (C=O) groups is 2. The summed E-state index contributed by atoms with van der Waals surface area (Å²) in [5.74, 6) is -0.588. The summed E-state index contributed by atoms with van der Waals surface area (Å²) in [6, 6.07) is 5.46. The molecule has 0 aliphatic heterocycles. The number of esters is 1. The summed E-state index contributed by atoms with van der Waals surface area (Å²) in [5, 5.41) is 2.75. The maximum atomic E-state index is 11.7. The van der Waals surface area contributed by atoms with Crippen molar-refractivity contribution in [1.29, 1.82) is 0 Å². The van der Waals surface area contributed by atoms with Crippen molar-refractivity contribution >= 4 is 43.6 Å². The third-order valence-corrected chi connectivity index (χ3v) is 3.56. The van der Waals surface area contributed by atoms with Gasteiger partial charge in [0.15, 0.2) is 0 Å². The molecule has 0 radical (unpaired) electrons. The molecule has 100 valence electrons. The van der Waals surface area contributed by atoms with Crippen LogP contribution in [0.4, 0.5) is 5.69 Å². The van der Waals surface area contributed by atoms with E-state index in [0.717, 1.165) is 11.0 Å². The SMILES string of the molecule is CCOC(=O)CCC(=O)Nc1cccc2n[se]nc12. The van der Waals surface area contributed by atoms with E-state index in [9.17, 15) is 9.59 Å². The first-order chi connectivity index (χ1) is 9.20. The number of hydrogen-bond donors (Lipinski definition) is 1. The number of ether oxygens (including phenoxy) is 1. The van der Waals surface area contributed by atoms with Gasteiger partial charge >= 0.3 is 116 Å². The summed E-state index contributed by atoms with van der Waals surface area (Å²) in [6.07, 6.45) is 0.185. The standard InChI is InChI=1S/C12H13N3O3Se/c1-2-18-11(17)7-6-10(16)13-8-4-3-5-9-12(8)15-19-14-9/h3-5H,2,6-7H2,1H3,(H,13,16). The normalized spacial score (nSPS) is 10.4. The average Bonchev–Trinajstić information content (AvgIpc) is 2.86. The van der Waals surface area contributed by atoms with Crippen LogP contribution in [-0.2, 0) is 14.3 Å². The van der Waals surface area contributed by atoms with Gasteiger partial charge in [-0.05, 0) is 0 Å². The number of aromatic nitrogens is 2. The molecule has 1 N–H and O–H groups in total. The fourth-order valence-corrected chi connectivity index (χ4v) is 2.72. The van der Waals surface area contributed by atoms with Gasteiger partial charge in [-0.3, -0.25) is 0 Å². The molecule has 0 spiro atoms. The summed E-state index contributed by atoms with van der Waals surface area (Å²) in [5.41, 5.74) is 2.18. The number of rotatable bonds is 5. The maximum absolute atomic E-state index is 11.7. The van der Waals surface area contributed by atoms with Gasteiger partial charge in [-0.2, -0.15) is 0 Å². The number of fused-ring (bicyclic) bond motifs is 1. The Morgan fingerprint density at radius 3 is 2.95 bits per heavy atom. The van der Waals surface area contributed by atoms with Gasteiger partial charge in [0.1, 0.15) is 0 Å². The van der Waals surface area contributed by atoms with Crippen LogP contribution in [0.2, 0.25) is 0 Å². The molecule has 7 heteroatoms. The van der Waals surface area contributed by atoms with Crippen LogP contribution in [0.5, 0.6) is 0 Å². The Kier molecular flexibility index (Phi) is 4.65. The number of nitrogens with zero attached hydrogens (tertiary/aromatic N) is 2. The topological polar surface area (TPSA) is 81.2 Å². The van der Waals surface area contributed by atoms with Crippen LogP contribution in [-0.4, -0.2) is 41.4 Å². The monoisotopic (exact) mass is 327 g/mol. The molecule has 1 aromatic carbocycles. The van der Waals surface area contributed by atoms with Gasteiger partial charge in [0.05, 0.1) is 0 Å². The predicted molar refractivity (Wildman–Crippen MR) is 71.0 cm³/mol. The number of anilines is 1. The van der Waals surface area contributed by atoms with Crippen LogP contribution < -0.4 is 5.32 Å². The van der Waals surface area contributed by atoms with Gasteiger partial charge in [0.25, 0.3) is 0 Å². The van der Waals surface area contributed by atoms with Crippen molar-refractivity contribution in [2.75, 3.05) is 11.9 Å². The minimum atomic E-state index is -0.362. The van der Waals surface area contributed by atoms with Crippen molar-refractivity contribution in [2.24, 2.45) is 0 Å². The molecule has 19 heavy (non-hydrogen) atoms. The first kappa shape index (κ1) is 13.7. The van der Waals surface area contributed by atoms with E-state index in [2.05, 4.69) is 13.3 Å². The molecular formula is C12H13N3O3Se. The summed E-state index contributed by atoms with van der Waals surface area (Å²) >= 11 is -0.131.